The molecular formula is C12H5Br2ClF4S. The van der Waals surface area contributed by atoms with Gasteiger partial charge in [-0.25, -0.2) is 4.39 Å². The number of alkyl halides is 4. The van der Waals surface area contributed by atoms with Crippen molar-refractivity contribution in [3.63, 3.8) is 0 Å². The van der Waals surface area contributed by atoms with Crippen LogP contribution in [0.3, 0.4) is 0 Å². The number of hydrogen-bond donors (Lipinski definition) is 0. The Labute approximate surface area is 138 Å². The normalized spacial score (nSPS) is 13.6. The minimum Gasteiger partial charge on any atom is -0.206 e. The Kier molecular flexibility index (Phi) is 4.83. The molecule has 1 atom stereocenters. The fraction of sp³-hybridized carbons (Fsp3) is 0.167. The van der Waals surface area contributed by atoms with E-state index in [1.165, 1.54) is 17.4 Å². The molecule has 2 aromatic rings. The summed E-state index contributed by atoms with van der Waals surface area (Å²) in [6.07, 6.45) is -4.74. The Hall–Kier alpha value is -0.110. The summed E-state index contributed by atoms with van der Waals surface area (Å²) in [7, 11) is 0. The predicted molar refractivity (Wildman–Crippen MR) is 78.8 cm³/mol. The maximum atomic E-state index is 13.2. The molecule has 0 spiro atoms. The molecule has 0 aliphatic carbocycles. The zero-order chi connectivity index (χ0) is 15.1. The molecular weight excluding hydrogens is 447 g/mol. The lowest BCUT2D eigenvalue weighted by molar-refractivity contribution is -0.140. The molecule has 0 aliphatic rings. The zero-order valence-corrected chi connectivity index (χ0v) is 14.2. The van der Waals surface area contributed by atoms with Crippen LogP contribution in [0.15, 0.2) is 32.5 Å². The van der Waals surface area contributed by atoms with Gasteiger partial charge in [0.1, 0.15) is 5.82 Å². The van der Waals surface area contributed by atoms with E-state index in [0.29, 0.717) is 4.88 Å². The molecule has 1 aromatic heterocycles. The van der Waals surface area contributed by atoms with E-state index in [-0.39, 0.29) is 5.56 Å². The van der Waals surface area contributed by atoms with E-state index in [1.807, 2.05) is 0 Å². The summed E-state index contributed by atoms with van der Waals surface area (Å²) >= 11 is 14.0. The van der Waals surface area contributed by atoms with Crippen LogP contribution in [0.5, 0.6) is 0 Å². The molecule has 0 N–H and O–H groups in total. The number of thiophene rings is 1. The van der Waals surface area contributed by atoms with Crippen molar-refractivity contribution < 1.29 is 17.6 Å². The van der Waals surface area contributed by atoms with E-state index < -0.39 is 22.9 Å². The van der Waals surface area contributed by atoms with Gasteiger partial charge in [-0.05, 0) is 55.6 Å². The van der Waals surface area contributed by atoms with Gasteiger partial charge < -0.3 is 0 Å². The van der Waals surface area contributed by atoms with Crippen molar-refractivity contribution in [2.45, 2.75) is 11.6 Å². The molecule has 1 heterocycles. The Bertz CT molecular complexity index is 619. The van der Waals surface area contributed by atoms with Crippen LogP contribution in [0.4, 0.5) is 17.6 Å². The SMILES string of the molecule is Fc1ccc(C(Cl)c2cc(Br)c(Br)s2)cc1C(F)(F)F. The van der Waals surface area contributed by atoms with Gasteiger partial charge in [0.15, 0.2) is 0 Å². The Morgan fingerprint density at radius 1 is 1.15 bits per heavy atom. The Morgan fingerprint density at radius 3 is 2.30 bits per heavy atom. The lowest BCUT2D eigenvalue weighted by Gasteiger charge is -2.12. The van der Waals surface area contributed by atoms with Crippen LogP contribution < -0.4 is 0 Å². The topological polar surface area (TPSA) is 0 Å². The van der Waals surface area contributed by atoms with Crippen LogP contribution in [-0.2, 0) is 6.18 Å². The second-order valence-corrected chi connectivity index (χ2v) is 7.56. The summed E-state index contributed by atoms with van der Waals surface area (Å²) < 4.78 is 52.8. The zero-order valence-electron chi connectivity index (χ0n) is 9.44. The largest absolute Gasteiger partial charge is 0.419 e. The van der Waals surface area contributed by atoms with E-state index in [0.717, 1.165) is 20.4 Å². The highest BCUT2D eigenvalue weighted by molar-refractivity contribution is 9.13. The molecule has 0 amide bonds. The molecule has 0 nitrogen and oxygen atoms in total. The van der Waals surface area contributed by atoms with E-state index in [1.54, 1.807) is 6.07 Å². The van der Waals surface area contributed by atoms with Crippen molar-refractivity contribution in [3.05, 3.63) is 54.3 Å². The van der Waals surface area contributed by atoms with Gasteiger partial charge in [-0.15, -0.1) is 22.9 Å². The van der Waals surface area contributed by atoms with E-state index in [9.17, 15) is 17.6 Å². The average Bonchev–Trinajstić information content (AvgIpc) is 2.68. The average molecular weight is 452 g/mol. The first-order chi connectivity index (χ1) is 9.20. The molecule has 0 radical (unpaired) electrons. The van der Waals surface area contributed by atoms with Crippen LogP contribution in [0.2, 0.25) is 0 Å². The fourth-order valence-corrected chi connectivity index (χ4v) is 4.00. The highest BCUT2D eigenvalue weighted by Crippen LogP contribution is 2.42. The Balaban J connectivity index is 2.43. The molecule has 0 aliphatic heterocycles. The summed E-state index contributed by atoms with van der Waals surface area (Å²) in [5.41, 5.74) is -1.11. The van der Waals surface area contributed by atoms with E-state index in [2.05, 4.69) is 31.9 Å². The van der Waals surface area contributed by atoms with Crippen molar-refractivity contribution in [2.24, 2.45) is 0 Å². The smallest absolute Gasteiger partial charge is 0.206 e. The third-order valence-electron chi connectivity index (χ3n) is 2.50. The molecule has 20 heavy (non-hydrogen) atoms. The third kappa shape index (κ3) is 3.37. The van der Waals surface area contributed by atoms with Gasteiger partial charge in [-0.1, -0.05) is 6.07 Å². The molecule has 108 valence electrons. The summed E-state index contributed by atoms with van der Waals surface area (Å²) in [4.78, 5) is 0.658. The molecule has 1 unspecified atom stereocenters. The first kappa shape index (κ1) is 16.3. The maximum absolute atomic E-state index is 13.2. The van der Waals surface area contributed by atoms with Gasteiger partial charge in [0.2, 0.25) is 0 Å². The lowest BCUT2D eigenvalue weighted by Crippen LogP contribution is -2.09. The fourth-order valence-electron chi connectivity index (χ4n) is 1.57. The van der Waals surface area contributed by atoms with Crippen molar-refractivity contribution in [3.8, 4) is 0 Å². The summed E-state index contributed by atoms with van der Waals surface area (Å²) in [6, 6.07) is 4.49. The molecule has 0 saturated heterocycles. The van der Waals surface area contributed by atoms with Gasteiger partial charge >= 0.3 is 6.18 Å². The van der Waals surface area contributed by atoms with E-state index >= 15 is 0 Å². The van der Waals surface area contributed by atoms with Crippen molar-refractivity contribution in [2.75, 3.05) is 0 Å². The van der Waals surface area contributed by atoms with Crippen molar-refractivity contribution in [1.82, 2.24) is 0 Å². The molecule has 0 bridgehead atoms. The monoisotopic (exact) mass is 450 g/mol. The summed E-state index contributed by atoms with van der Waals surface area (Å²) in [5, 5.41) is -0.774. The second kappa shape index (κ2) is 5.94. The first-order valence-corrected chi connectivity index (χ1v) is 7.99. The van der Waals surface area contributed by atoms with Gasteiger partial charge in [0, 0.05) is 9.35 Å². The molecule has 8 heteroatoms. The van der Waals surface area contributed by atoms with Crippen molar-refractivity contribution >= 4 is 54.8 Å². The van der Waals surface area contributed by atoms with Crippen LogP contribution in [0.1, 0.15) is 21.4 Å². The quantitative estimate of drug-likeness (QED) is 0.349. The molecule has 0 fully saturated rings. The summed E-state index contributed by atoms with van der Waals surface area (Å²) in [5.74, 6) is -1.31. The highest BCUT2D eigenvalue weighted by Gasteiger charge is 2.34. The lowest BCUT2D eigenvalue weighted by atomic mass is 10.1. The minimum atomic E-state index is -4.74. The maximum Gasteiger partial charge on any atom is 0.419 e. The van der Waals surface area contributed by atoms with Crippen LogP contribution >= 0.6 is 54.8 Å². The third-order valence-corrected chi connectivity index (χ3v) is 6.44. The standard InChI is InChI=1S/C12H5Br2ClF4S/c13-7-4-9(20-11(7)14)10(15)5-1-2-8(16)6(3-5)12(17,18)19/h1-4,10H. The number of halogens is 7. The van der Waals surface area contributed by atoms with Crippen LogP contribution in [0.25, 0.3) is 0 Å². The number of benzene rings is 1. The van der Waals surface area contributed by atoms with Crippen molar-refractivity contribution in [1.29, 1.82) is 0 Å². The highest BCUT2D eigenvalue weighted by atomic mass is 79.9. The van der Waals surface area contributed by atoms with Gasteiger partial charge in [-0.2, -0.15) is 13.2 Å². The molecule has 2 rings (SSSR count). The first-order valence-electron chi connectivity index (χ1n) is 5.15. The van der Waals surface area contributed by atoms with Crippen LogP contribution in [0, 0.1) is 5.82 Å². The predicted octanol–water partition coefficient (Wildman–Crippen LogP) is 6.76. The molecule has 0 saturated carbocycles. The van der Waals surface area contributed by atoms with Gasteiger partial charge in [0.05, 0.1) is 14.7 Å². The number of hydrogen-bond acceptors (Lipinski definition) is 1. The van der Waals surface area contributed by atoms with E-state index in [4.69, 9.17) is 11.6 Å². The van der Waals surface area contributed by atoms with Crippen LogP contribution in [-0.4, -0.2) is 0 Å². The van der Waals surface area contributed by atoms with Gasteiger partial charge in [0.25, 0.3) is 0 Å². The number of rotatable bonds is 2. The second-order valence-electron chi connectivity index (χ2n) is 3.87. The minimum absolute atomic E-state index is 0.196. The Morgan fingerprint density at radius 2 is 1.80 bits per heavy atom. The molecule has 1 aromatic carbocycles. The summed E-state index contributed by atoms with van der Waals surface area (Å²) in [6.45, 7) is 0. The van der Waals surface area contributed by atoms with Gasteiger partial charge in [-0.3, -0.25) is 0 Å².